The van der Waals surface area contributed by atoms with Crippen molar-refractivity contribution < 1.29 is 27.4 Å². The molecule has 0 aliphatic carbocycles. The summed E-state index contributed by atoms with van der Waals surface area (Å²) in [5.41, 5.74) is 1.55. The van der Waals surface area contributed by atoms with Gasteiger partial charge in [-0.3, -0.25) is 9.10 Å². The SMILES string of the molecule is CCOc1ccc(N(CC(=O)Nc2ccc(Oc3ccccc3)cc2)S(=O)(=O)c2cc(C)ccc2OC)cc1. The van der Waals surface area contributed by atoms with Crippen molar-refractivity contribution in [2.45, 2.75) is 18.7 Å². The molecule has 0 saturated heterocycles. The first-order valence-electron chi connectivity index (χ1n) is 12.3. The van der Waals surface area contributed by atoms with Crippen molar-refractivity contribution in [1.29, 1.82) is 0 Å². The highest BCUT2D eigenvalue weighted by atomic mass is 32.2. The van der Waals surface area contributed by atoms with Crippen LogP contribution in [0.4, 0.5) is 11.4 Å². The number of ether oxygens (including phenoxy) is 3. The predicted molar refractivity (Wildman–Crippen MR) is 151 cm³/mol. The summed E-state index contributed by atoms with van der Waals surface area (Å²) >= 11 is 0. The Morgan fingerprint density at radius 1 is 0.846 bits per heavy atom. The number of carbonyl (C=O) groups excluding carboxylic acids is 1. The Hall–Kier alpha value is -4.50. The molecule has 0 fully saturated rings. The number of hydrogen-bond donors (Lipinski definition) is 1. The normalized spacial score (nSPS) is 10.9. The molecule has 0 aliphatic rings. The van der Waals surface area contributed by atoms with Crippen LogP contribution in [0, 0.1) is 6.92 Å². The summed E-state index contributed by atoms with van der Waals surface area (Å²) < 4.78 is 45.5. The van der Waals surface area contributed by atoms with Crippen LogP contribution >= 0.6 is 0 Å². The Kier molecular flexibility index (Phi) is 8.73. The quantitative estimate of drug-likeness (QED) is 0.247. The summed E-state index contributed by atoms with van der Waals surface area (Å²) in [6, 6.07) is 27.6. The van der Waals surface area contributed by atoms with Crippen molar-refractivity contribution in [1.82, 2.24) is 0 Å². The van der Waals surface area contributed by atoms with Crippen molar-refractivity contribution >= 4 is 27.3 Å². The molecule has 4 aromatic carbocycles. The molecule has 8 nitrogen and oxygen atoms in total. The van der Waals surface area contributed by atoms with Gasteiger partial charge < -0.3 is 19.5 Å². The first kappa shape index (κ1) is 27.5. The number of amides is 1. The average Bonchev–Trinajstić information content (AvgIpc) is 2.94. The zero-order chi connectivity index (χ0) is 27.8. The summed E-state index contributed by atoms with van der Waals surface area (Å²) in [4.78, 5) is 13.1. The van der Waals surface area contributed by atoms with Crippen LogP contribution in [0.15, 0.2) is 102 Å². The number of hydrogen-bond acceptors (Lipinski definition) is 6. The van der Waals surface area contributed by atoms with Crippen molar-refractivity contribution in [2.24, 2.45) is 0 Å². The summed E-state index contributed by atoms with van der Waals surface area (Å²) in [5.74, 6) is 1.55. The van der Waals surface area contributed by atoms with E-state index < -0.39 is 22.5 Å². The number of methoxy groups -OCH3 is 1. The topological polar surface area (TPSA) is 94.2 Å². The summed E-state index contributed by atoms with van der Waals surface area (Å²) in [7, 11) is -2.78. The van der Waals surface area contributed by atoms with Crippen LogP contribution in [0.25, 0.3) is 0 Å². The third kappa shape index (κ3) is 6.88. The van der Waals surface area contributed by atoms with E-state index in [1.165, 1.54) is 13.2 Å². The van der Waals surface area contributed by atoms with Gasteiger partial charge in [0.05, 0.1) is 19.4 Å². The molecule has 0 aliphatic heterocycles. The van der Waals surface area contributed by atoms with Gasteiger partial charge in [-0.2, -0.15) is 0 Å². The fourth-order valence-electron chi connectivity index (χ4n) is 3.86. The molecule has 0 unspecified atom stereocenters. The average molecular weight is 547 g/mol. The van der Waals surface area contributed by atoms with Gasteiger partial charge in [0, 0.05) is 5.69 Å². The molecular weight excluding hydrogens is 516 g/mol. The van der Waals surface area contributed by atoms with Gasteiger partial charge in [0.1, 0.15) is 34.4 Å². The van der Waals surface area contributed by atoms with Crippen LogP contribution in [0.1, 0.15) is 12.5 Å². The first-order valence-corrected chi connectivity index (χ1v) is 13.8. The van der Waals surface area contributed by atoms with Crippen LogP contribution < -0.4 is 23.8 Å². The third-order valence-corrected chi connectivity index (χ3v) is 7.52. The molecule has 0 heterocycles. The van der Waals surface area contributed by atoms with Crippen molar-refractivity contribution in [3.05, 3.63) is 103 Å². The third-order valence-electron chi connectivity index (χ3n) is 5.73. The Bertz CT molecular complexity index is 1510. The lowest BCUT2D eigenvalue weighted by atomic mass is 10.2. The molecule has 1 amide bonds. The van der Waals surface area contributed by atoms with E-state index in [0.29, 0.717) is 35.2 Å². The number of benzene rings is 4. The number of aryl methyl sites for hydroxylation is 1. The molecule has 4 aromatic rings. The molecule has 39 heavy (non-hydrogen) atoms. The zero-order valence-electron chi connectivity index (χ0n) is 22.0. The van der Waals surface area contributed by atoms with E-state index in [4.69, 9.17) is 14.2 Å². The molecule has 0 saturated carbocycles. The van der Waals surface area contributed by atoms with E-state index in [1.54, 1.807) is 67.6 Å². The van der Waals surface area contributed by atoms with Crippen LogP contribution in [-0.2, 0) is 14.8 Å². The number of rotatable bonds is 11. The highest BCUT2D eigenvalue weighted by Gasteiger charge is 2.30. The fraction of sp³-hybridized carbons (Fsp3) is 0.167. The maximum Gasteiger partial charge on any atom is 0.268 e. The molecule has 0 spiro atoms. The molecule has 0 radical (unpaired) electrons. The summed E-state index contributed by atoms with van der Waals surface area (Å²) in [5, 5.41) is 2.77. The van der Waals surface area contributed by atoms with E-state index in [1.807, 2.05) is 37.3 Å². The van der Waals surface area contributed by atoms with Gasteiger partial charge in [-0.25, -0.2) is 8.42 Å². The van der Waals surface area contributed by atoms with Crippen LogP contribution in [0.5, 0.6) is 23.0 Å². The minimum Gasteiger partial charge on any atom is -0.495 e. The molecule has 0 bridgehead atoms. The van der Waals surface area contributed by atoms with Gasteiger partial charge in [-0.1, -0.05) is 24.3 Å². The van der Waals surface area contributed by atoms with E-state index in [-0.39, 0.29) is 10.6 Å². The fourth-order valence-corrected chi connectivity index (χ4v) is 5.52. The maximum atomic E-state index is 13.9. The zero-order valence-corrected chi connectivity index (χ0v) is 22.8. The van der Waals surface area contributed by atoms with E-state index >= 15 is 0 Å². The lowest BCUT2D eigenvalue weighted by molar-refractivity contribution is -0.114. The second-order valence-corrected chi connectivity index (χ2v) is 10.4. The van der Waals surface area contributed by atoms with Gasteiger partial charge in [0.25, 0.3) is 10.0 Å². The lowest BCUT2D eigenvalue weighted by Gasteiger charge is -2.25. The second-order valence-electron chi connectivity index (χ2n) is 8.58. The van der Waals surface area contributed by atoms with Gasteiger partial charge in [0.15, 0.2) is 0 Å². The molecular formula is C30H30N2O6S. The van der Waals surface area contributed by atoms with Crippen molar-refractivity contribution in [2.75, 3.05) is 29.9 Å². The van der Waals surface area contributed by atoms with E-state index in [9.17, 15) is 13.2 Å². The van der Waals surface area contributed by atoms with Crippen LogP contribution in [0.3, 0.4) is 0 Å². The minimum absolute atomic E-state index is 0.0332. The Morgan fingerprint density at radius 2 is 1.49 bits per heavy atom. The Morgan fingerprint density at radius 3 is 2.13 bits per heavy atom. The van der Waals surface area contributed by atoms with E-state index in [2.05, 4.69) is 5.32 Å². The first-order chi connectivity index (χ1) is 18.8. The number of para-hydroxylation sites is 1. The highest BCUT2D eigenvalue weighted by Crippen LogP contribution is 2.32. The molecule has 4 rings (SSSR count). The predicted octanol–water partition coefficient (Wildman–Crippen LogP) is 6.03. The molecule has 1 N–H and O–H groups in total. The number of nitrogens with zero attached hydrogens (tertiary/aromatic N) is 1. The van der Waals surface area contributed by atoms with Gasteiger partial charge >= 0.3 is 0 Å². The number of sulfonamides is 1. The summed E-state index contributed by atoms with van der Waals surface area (Å²) in [6.45, 7) is 3.66. The second kappa shape index (κ2) is 12.4. The monoisotopic (exact) mass is 546 g/mol. The largest absolute Gasteiger partial charge is 0.495 e. The number of carbonyl (C=O) groups is 1. The standard InChI is InChI=1S/C30H30N2O6S/c1-4-37-25-17-13-24(14-18-25)32(39(34,35)29-20-22(2)10-19-28(29)36-3)21-30(33)31-23-11-15-27(16-12-23)38-26-8-6-5-7-9-26/h5-20H,4,21H2,1-3H3,(H,31,33). The highest BCUT2D eigenvalue weighted by molar-refractivity contribution is 7.93. The molecule has 202 valence electrons. The molecule has 0 atom stereocenters. The Balaban J connectivity index is 1.58. The molecule has 0 aromatic heterocycles. The van der Waals surface area contributed by atoms with Crippen molar-refractivity contribution in [3.8, 4) is 23.0 Å². The van der Waals surface area contributed by atoms with E-state index in [0.717, 1.165) is 9.87 Å². The van der Waals surface area contributed by atoms with Crippen LogP contribution in [-0.4, -0.2) is 34.6 Å². The Labute approximate surface area is 228 Å². The number of anilines is 2. The smallest absolute Gasteiger partial charge is 0.268 e. The minimum atomic E-state index is -4.19. The van der Waals surface area contributed by atoms with Gasteiger partial charge in [0.2, 0.25) is 5.91 Å². The molecule has 9 heteroatoms. The van der Waals surface area contributed by atoms with Gasteiger partial charge in [-0.05, 0) is 92.2 Å². The maximum absolute atomic E-state index is 13.9. The van der Waals surface area contributed by atoms with Crippen LogP contribution in [0.2, 0.25) is 0 Å². The van der Waals surface area contributed by atoms with Crippen molar-refractivity contribution in [3.63, 3.8) is 0 Å². The lowest BCUT2D eigenvalue weighted by Crippen LogP contribution is -2.38. The summed E-state index contributed by atoms with van der Waals surface area (Å²) in [6.07, 6.45) is 0. The number of nitrogens with one attached hydrogen (secondary N) is 1. The van der Waals surface area contributed by atoms with Gasteiger partial charge in [-0.15, -0.1) is 0 Å².